The van der Waals surface area contributed by atoms with E-state index in [4.69, 9.17) is 0 Å². The van der Waals surface area contributed by atoms with E-state index in [-0.39, 0.29) is 18.7 Å². The minimum atomic E-state index is -0.140. The molecule has 0 saturated carbocycles. The fraction of sp³-hybridized carbons (Fsp3) is 0.368. The summed E-state index contributed by atoms with van der Waals surface area (Å²) >= 11 is 0. The van der Waals surface area contributed by atoms with Crippen molar-refractivity contribution < 1.29 is 9.90 Å². The summed E-state index contributed by atoms with van der Waals surface area (Å²) in [6.07, 6.45) is 0.685. The third kappa shape index (κ3) is 3.91. The van der Waals surface area contributed by atoms with Crippen LogP contribution in [-0.2, 0) is 6.54 Å². The van der Waals surface area contributed by atoms with Crippen LogP contribution in [0.4, 0.5) is 16.3 Å². The van der Waals surface area contributed by atoms with Gasteiger partial charge in [0.2, 0.25) is 0 Å². The normalized spacial score (nSPS) is 17.5. The van der Waals surface area contributed by atoms with Gasteiger partial charge in [0, 0.05) is 30.5 Å². The Labute approximate surface area is 148 Å². The van der Waals surface area contributed by atoms with Crippen molar-refractivity contribution in [2.75, 3.05) is 30.4 Å². The van der Waals surface area contributed by atoms with Crippen LogP contribution >= 0.6 is 0 Å². The molecule has 6 heteroatoms. The second-order valence-electron chi connectivity index (χ2n) is 6.39. The molecule has 1 aromatic carbocycles. The number of para-hydroxylation sites is 1. The van der Waals surface area contributed by atoms with Gasteiger partial charge in [0.05, 0.1) is 19.2 Å². The zero-order valence-corrected chi connectivity index (χ0v) is 14.6. The number of anilines is 2. The fourth-order valence-corrected chi connectivity index (χ4v) is 3.07. The number of aromatic nitrogens is 1. The lowest BCUT2D eigenvalue weighted by molar-refractivity contribution is 0.196. The molecule has 2 aromatic rings. The summed E-state index contributed by atoms with van der Waals surface area (Å²) in [5, 5.41) is 12.7. The molecule has 2 amide bonds. The number of aliphatic hydroxyl groups is 1. The molecule has 0 fully saturated rings. The molecule has 0 aliphatic carbocycles. The van der Waals surface area contributed by atoms with E-state index < -0.39 is 0 Å². The number of hydrogen-bond donors (Lipinski definition) is 2. The summed E-state index contributed by atoms with van der Waals surface area (Å²) in [6, 6.07) is 13.2. The Morgan fingerprint density at radius 1 is 1.28 bits per heavy atom. The molecule has 132 valence electrons. The first kappa shape index (κ1) is 17.2. The van der Waals surface area contributed by atoms with Crippen LogP contribution < -0.4 is 10.2 Å². The molecule has 6 nitrogen and oxygen atoms in total. The van der Waals surface area contributed by atoms with E-state index >= 15 is 0 Å². The average molecular weight is 340 g/mol. The van der Waals surface area contributed by atoms with Gasteiger partial charge in [-0.05, 0) is 31.5 Å². The molecule has 25 heavy (non-hydrogen) atoms. The topological polar surface area (TPSA) is 68.7 Å². The van der Waals surface area contributed by atoms with E-state index in [0.717, 1.165) is 22.8 Å². The molecule has 0 saturated heterocycles. The average Bonchev–Trinajstić information content (AvgIpc) is 2.61. The molecule has 1 atom stereocenters. The van der Waals surface area contributed by atoms with Crippen LogP contribution in [0, 0.1) is 6.92 Å². The number of likely N-dealkylation sites (N-methyl/N-ethyl adjacent to an activating group) is 1. The SMILES string of the molecule is Cc1ccc2c(n1)N(C)C(CO)CCN(C(=O)Nc1ccccc1)C2. The highest BCUT2D eigenvalue weighted by Gasteiger charge is 2.26. The highest BCUT2D eigenvalue weighted by atomic mass is 16.3. The molecule has 0 radical (unpaired) electrons. The molecule has 3 rings (SSSR count). The highest BCUT2D eigenvalue weighted by Crippen LogP contribution is 2.25. The number of pyridine rings is 1. The predicted molar refractivity (Wildman–Crippen MR) is 98.7 cm³/mol. The Balaban J connectivity index is 1.86. The van der Waals surface area contributed by atoms with Crippen LogP contribution in [0.25, 0.3) is 0 Å². The van der Waals surface area contributed by atoms with E-state index in [1.807, 2.05) is 61.3 Å². The Bertz CT molecular complexity index is 735. The third-order valence-corrected chi connectivity index (χ3v) is 4.59. The van der Waals surface area contributed by atoms with Crippen molar-refractivity contribution in [1.29, 1.82) is 0 Å². The minimum absolute atomic E-state index is 0.0275. The van der Waals surface area contributed by atoms with E-state index in [1.165, 1.54) is 0 Å². The second kappa shape index (κ2) is 7.53. The molecule has 1 unspecified atom stereocenters. The van der Waals surface area contributed by atoms with E-state index in [1.54, 1.807) is 4.90 Å². The lowest BCUT2D eigenvalue weighted by Gasteiger charge is -2.35. The fourth-order valence-electron chi connectivity index (χ4n) is 3.07. The van der Waals surface area contributed by atoms with Crippen molar-refractivity contribution in [1.82, 2.24) is 9.88 Å². The smallest absolute Gasteiger partial charge is 0.322 e. The summed E-state index contributed by atoms with van der Waals surface area (Å²) < 4.78 is 0. The van der Waals surface area contributed by atoms with Gasteiger partial charge in [-0.15, -0.1) is 0 Å². The number of fused-ring (bicyclic) bond motifs is 1. The van der Waals surface area contributed by atoms with Crippen molar-refractivity contribution in [2.24, 2.45) is 0 Å². The van der Waals surface area contributed by atoms with E-state index in [2.05, 4.69) is 10.3 Å². The van der Waals surface area contributed by atoms with Gasteiger partial charge in [0.1, 0.15) is 5.82 Å². The first-order valence-electron chi connectivity index (χ1n) is 8.49. The zero-order valence-electron chi connectivity index (χ0n) is 14.6. The Kier molecular flexibility index (Phi) is 5.19. The molecule has 0 bridgehead atoms. The molecule has 1 aliphatic rings. The number of aryl methyl sites for hydroxylation is 1. The third-order valence-electron chi connectivity index (χ3n) is 4.59. The number of amides is 2. The van der Waals surface area contributed by atoms with Gasteiger partial charge < -0.3 is 20.2 Å². The monoisotopic (exact) mass is 340 g/mol. The first-order valence-corrected chi connectivity index (χ1v) is 8.49. The molecule has 0 spiro atoms. The first-order chi connectivity index (χ1) is 12.1. The lowest BCUT2D eigenvalue weighted by Crippen LogP contribution is -2.44. The standard InChI is InChI=1S/C19H24N4O2/c1-14-8-9-15-12-23(19(25)21-16-6-4-3-5-7-16)11-10-17(13-24)22(2)18(15)20-14/h3-9,17,24H,10-13H2,1-2H3,(H,21,25). The number of nitrogens with one attached hydrogen (secondary N) is 1. The summed E-state index contributed by atoms with van der Waals surface area (Å²) in [7, 11) is 1.95. The number of urea groups is 1. The summed E-state index contributed by atoms with van der Waals surface area (Å²) in [6.45, 7) is 3.03. The maximum Gasteiger partial charge on any atom is 0.322 e. The molecule has 1 aliphatic heterocycles. The van der Waals surface area contributed by atoms with Gasteiger partial charge in [0.25, 0.3) is 0 Å². The van der Waals surface area contributed by atoms with Gasteiger partial charge in [-0.1, -0.05) is 24.3 Å². The number of carbonyl (C=O) groups excluding carboxylic acids is 1. The summed E-state index contributed by atoms with van der Waals surface area (Å²) in [5.41, 5.74) is 2.67. The van der Waals surface area contributed by atoms with Crippen molar-refractivity contribution in [3.63, 3.8) is 0 Å². The van der Waals surface area contributed by atoms with Crippen molar-refractivity contribution in [2.45, 2.75) is 25.9 Å². The number of benzene rings is 1. The van der Waals surface area contributed by atoms with Crippen LogP contribution in [0.2, 0.25) is 0 Å². The molecular formula is C19H24N4O2. The highest BCUT2D eigenvalue weighted by molar-refractivity contribution is 5.89. The van der Waals surface area contributed by atoms with Gasteiger partial charge >= 0.3 is 6.03 Å². The zero-order chi connectivity index (χ0) is 17.8. The minimum Gasteiger partial charge on any atom is -0.394 e. The molecule has 2 heterocycles. The Hall–Kier alpha value is -2.60. The number of nitrogens with zero attached hydrogens (tertiary/aromatic N) is 3. The van der Waals surface area contributed by atoms with Gasteiger partial charge in [-0.25, -0.2) is 9.78 Å². The molecule has 2 N–H and O–H groups in total. The maximum atomic E-state index is 12.7. The molecular weight excluding hydrogens is 316 g/mol. The van der Waals surface area contributed by atoms with Crippen molar-refractivity contribution in [3.05, 3.63) is 53.7 Å². The van der Waals surface area contributed by atoms with Gasteiger partial charge in [-0.2, -0.15) is 0 Å². The Morgan fingerprint density at radius 2 is 2.04 bits per heavy atom. The second-order valence-corrected chi connectivity index (χ2v) is 6.39. The van der Waals surface area contributed by atoms with Gasteiger partial charge in [0.15, 0.2) is 0 Å². The number of rotatable bonds is 2. The predicted octanol–water partition coefficient (Wildman–Crippen LogP) is 2.62. The van der Waals surface area contributed by atoms with Crippen LogP contribution in [-0.4, -0.2) is 47.3 Å². The number of hydrogen-bond acceptors (Lipinski definition) is 4. The van der Waals surface area contributed by atoms with E-state index in [0.29, 0.717) is 19.5 Å². The Morgan fingerprint density at radius 3 is 2.76 bits per heavy atom. The van der Waals surface area contributed by atoms with Crippen LogP contribution in [0.15, 0.2) is 42.5 Å². The van der Waals surface area contributed by atoms with E-state index in [9.17, 15) is 9.90 Å². The van der Waals surface area contributed by atoms with Crippen molar-refractivity contribution >= 4 is 17.5 Å². The quantitative estimate of drug-likeness (QED) is 0.882. The summed E-state index contributed by atoms with van der Waals surface area (Å²) in [5.74, 6) is 0.830. The van der Waals surface area contributed by atoms with Crippen LogP contribution in [0.5, 0.6) is 0 Å². The van der Waals surface area contributed by atoms with Gasteiger partial charge in [-0.3, -0.25) is 0 Å². The van der Waals surface area contributed by atoms with Crippen molar-refractivity contribution in [3.8, 4) is 0 Å². The van der Waals surface area contributed by atoms with Crippen LogP contribution in [0.1, 0.15) is 17.7 Å². The summed E-state index contributed by atoms with van der Waals surface area (Å²) in [4.78, 5) is 21.1. The van der Waals surface area contributed by atoms with Crippen LogP contribution in [0.3, 0.4) is 0 Å². The molecule has 1 aromatic heterocycles. The number of carbonyl (C=O) groups is 1. The lowest BCUT2D eigenvalue weighted by atomic mass is 10.1. The maximum absolute atomic E-state index is 12.7. The largest absolute Gasteiger partial charge is 0.394 e. The number of aliphatic hydroxyl groups excluding tert-OH is 1.